The number of carbonyl (C=O) groups excluding carboxylic acids is 1. The SMILES string of the molecule is CSCC[C@@H](NC(=O)N1CCOC2CCCC21)C(=O)O. The summed E-state index contributed by atoms with van der Waals surface area (Å²) in [5.41, 5.74) is 0. The molecular weight excluding hydrogens is 280 g/mol. The molecule has 2 aliphatic rings. The number of carbonyl (C=O) groups is 2. The average molecular weight is 302 g/mol. The Bertz CT molecular complexity index is 366. The number of thioether (sulfide) groups is 1. The number of hydrogen-bond donors (Lipinski definition) is 2. The third-order valence-electron chi connectivity index (χ3n) is 3.95. The van der Waals surface area contributed by atoms with Crippen LogP contribution in [0.3, 0.4) is 0 Å². The number of ether oxygens (including phenoxy) is 1. The lowest BCUT2D eigenvalue weighted by Crippen LogP contribution is -2.57. The van der Waals surface area contributed by atoms with Crippen LogP contribution in [-0.2, 0) is 9.53 Å². The second-order valence-corrected chi connectivity index (χ2v) is 6.21. The zero-order valence-electron chi connectivity index (χ0n) is 11.7. The van der Waals surface area contributed by atoms with Crippen molar-refractivity contribution in [2.75, 3.05) is 25.2 Å². The maximum Gasteiger partial charge on any atom is 0.326 e. The van der Waals surface area contributed by atoms with Gasteiger partial charge in [0.15, 0.2) is 0 Å². The maximum absolute atomic E-state index is 12.3. The summed E-state index contributed by atoms with van der Waals surface area (Å²) >= 11 is 1.58. The molecule has 0 aromatic rings. The van der Waals surface area contributed by atoms with Crippen molar-refractivity contribution in [3.05, 3.63) is 0 Å². The molecule has 2 N–H and O–H groups in total. The largest absolute Gasteiger partial charge is 0.480 e. The van der Waals surface area contributed by atoms with E-state index in [2.05, 4.69) is 5.32 Å². The lowest BCUT2D eigenvalue weighted by Gasteiger charge is -2.38. The van der Waals surface area contributed by atoms with Gasteiger partial charge in [0.2, 0.25) is 0 Å². The number of nitrogens with zero attached hydrogens (tertiary/aromatic N) is 1. The molecule has 1 aliphatic heterocycles. The highest BCUT2D eigenvalue weighted by Gasteiger charge is 2.39. The fourth-order valence-electron chi connectivity index (χ4n) is 2.90. The zero-order chi connectivity index (χ0) is 14.5. The van der Waals surface area contributed by atoms with Crippen molar-refractivity contribution in [1.29, 1.82) is 0 Å². The number of morpholine rings is 1. The Morgan fingerprint density at radius 2 is 2.30 bits per heavy atom. The van der Waals surface area contributed by atoms with E-state index in [9.17, 15) is 9.59 Å². The topological polar surface area (TPSA) is 78.9 Å². The van der Waals surface area contributed by atoms with Gasteiger partial charge in [-0.1, -0.05) is 0 Å². The number of hydrogen-bond acceptors (Lipinski definition) is 4. The summed E-state index contributed by atoms with van der Waals surface area (Å²) in [7, 11) is 0. The van der Waals surface area contributed by atoms with Crippen molar-refractivity contribution < 1.29 is 19.4 Å². The lowest BCUT2D eigenvalue weighted by atomic mass is 10.1. The first-order valence-corrected chi connectivity index (χ1v) is 8.43. The van der Waals surface area contributed by atoms with Crippen molar-refractivity contribution in [2.24, 2.45) is 0 Å². The standard InChI is InChI=1S/C13H22N2O4S/c1-20-8-5-9(12(16)17)14-13(18)15-6-7-19-11-4-2-3-10(11)15/h9-11H,2-8H2,1H3,(H,14,18)(H,16,17)/t9-,10?,11?/m1/s1. The minimum Gasteiger partial charge on any atom is -0.480 e. The molecule has 2 rings (SSSR count). The number of nitrogens with one attached hydrogen (secondary N) is 1. The van der Waals surface area contributed by atoms with Crippen LogP contribution in [0.2, 0.25) is 0 Å². The van der Waals surface area contributed by atoms with Crippen LogP contribution in [0, 0.1) is 0 Å². The molecule has 0 bridgehead atoms. The molecule has 0 radical (unpaired) electrons. The molecule has 3 atom stereocenters. The Morgan fingerprint density at radius 3 is 3.00 bits per heavy atom. The highest BCUT2D eigenvalue weighted by molar-refractivity contribution is 7.98. The van der Waals surface area contributed by atoms with Crippen LogP contribution in [0.5, 0.6) is 0 Å². The predicted molar refractivity (Wildman–Crippen MR) is 77.0 cm³/mol. The lowest BCUT2D eigenvalue weighted by molar-refractivity contribution is -0.139. The molecular formula is C13H22N2O4S. The first-order valence-electron chi connectivity index (χ1n) is 7.04. The van der Waals surface area contributed by atoms with Crippen molar-refractivity contribution in [3.63, 3.8) is 0 Å². The van der Waals surface area contributed by atoms with Crippen LogP contribution >= 0.6 is 11.8 Å². The predicted octanol–water partition coefficient (Wildman–Crippen LogP) is 1.16. The van der Waals surface area contributed by atoms with E-state index in [0.717, 1.165) is 19.3 Å². The van der Waals surface area contributed by atoms with Gasteiger partial charge in [0, 0.05) is 6.54 Å². The molecule has 20 heavy (non-hydrogen) atoms. The molecule has 0 aromatic carbocycles. The quantitative estimate of drug-likeness (QED) is 0.796. The van der Waals surface area contributed by atoms with E-state index in [4.69, 9.17) is 9.84 Å². The Balaban J connectivity index is 1.93. The van der Waals surface area contributed by atoms with Gasteiger partial charge in [0.25, 0.3) is 0 Å². The molecule has 6 nitrogen and oxygen atoms in total. The molecule has 1 saturated carbocycles. The van der Waals surface area contributed by atoms with Gasteiger partial charge in [-0.05, 0) is 37.7 Å². The number of amides is 2. The Kier molecular flexibility index (Phi) is 5.54. The molecule has 2 fully saturated rings. The molecule has 7 heteroatoms. The molecule has 114 valence electrons. The van der Waals surface area contributed by atoms with Gasteiger partial charge in [0.05, 0.1) is 18.8 Å². The number of rotatable bonds is 5. The van der Waals surface area contributed by atoms with E-state index in [0.29, 0.717) is 25.3 Å². The summed E-state index contributed by atoms with van der Waals surface area (Å²) in [6.07, 6.45) is 5.49. The van der Waals surface area contributed by atoms with Crippen LogP contribution in [-0.4, -0.2) is 65.4 Å². The van der Waals surface area contributed by atoms with Gasteiger partial charge in [0.1, 0.15) is 6.04 Å². The molecule has 1 aliphatic carbocycles. The summed E-state index contributed by atoms with van der Waals surface area (Å²) in [6.45, 7) is 1.08. The van der Waals surface area contributed by atoms with Crippen molar-refractivity contribution in [1.82, 2.24) is 10.2 Å². The Labute approximate surface area is 123 Å². The van der Waals surface area contributed by atoms with Crippen LogP contribution in [0.25, 0.3) is 0 Å². The second-order valence-electron chi connectivity index (χ2n) is 5.22. The number of urea groups is 1. The summed E-state index contributed by atoms with van der Waals surface area (Å²) in [4.78, 5) is 25.3. The normalized spacial score (nSPS) is 26.9. The van der Waals surface area contributed by atoms with Crippen molar-refractivity contribution >= 4 is 23.8 Å². The summed E-state index contributed by atoms with van der Waals surface area (Å²) < 4.78 is 5.66. The first kappa shape index (κ1) is 15.4. The number of carboxylic acids is 1. The summed E-state index contributed by atoms with van der Waals surface area (Å²) in [6, 6.07) is -0.963. The molecule has 0 aromatic heterocycles. The smallest absolute Gasteiger partial charge is 0.326 e. The van der Waals surface area contributed by atoms with E-state index in [1.807, 2.05) is 6.26 Å². The van der Waals surface area contributed by atoms with Gasteiger partial charge in [-0.25, -0.2) is 9.59 Å². The van der Waals surface area contributed by atoms with E-state index in [-0.39, 0.29) is 18.2 Å². The van der Waals surface area contributed by atoms with Gasteiger partial charge in [-0.2, -0.15) is 11.8 Å². The van der Waals surface area contributed by atoms with E-state index in [1.165, 1.54) is 0 Å². The number of aliphatic carboxylic acids is 1. The Hall–Kier alpha value is -0.950. The number of carboxylic acid groups (broad SMARTS) is 1. The number of fused-ring (bicyclic) bond motifs is 1. The Morgan fingerprint density at radius 1 is 1.50 bits per heavy atom. The van der Waals surface area contributed by atoms with Gasteiger partial charge in [-0.15, -0.1) is 0 Å². The third kappa shape index (κ3) is 3.58. The van der Waals surface area contributed by atoms with Crippen LogP contribution < -0.4 is 5.32 Å². The second kappa shape index (κ2) is 7.17. The van der Waals surface area contributed by atoms with Gasteiger partial charge >= 0.3 is 12.0 Å². The van der Waals surface area contributed by atoms with Crippen molar-refractivity contribution in [3.8, 4) is 0 Å². The van der Waals surface area contributed by atoms with Crippen LogP contribution in [0.1, 0.15) is 25.7 Å². The monoisotopic (exact) mass is 302 g/mol. The summed E-state index contributed by atoms with van der Waals surface area (Å²) in [5, 5.41) is 11.8. The fourth-order valence-corrected chi connectivity index (χ4v) is 3.37. The molecule has 2 unspecified atom stereocenters. The van der Waals surface area contributed by atoms with Crippen LogP contribution in [0.15, 0.2) is 0 Å². The molecule has 1 heterocycles. The fraction of sp³-hybridized carbons (Fsp3) is 0.846. The highest BCUT2D eigenvalue weighted by Crippen LogP contribution is 2.29. The van der Waals surface area contributed by atoms with E-state index in [1.54, 1.807) is 16.7 Å². The van der Waals surface area contributed by atoms with Crippen LogP contribution in [0.4, 0.5) is 4.79 Å². The zero-order valence-corrected chi connectivity index (χ0v) is 12.5. The molecule has 1 saturated heterocycles. The van der Waals surface area contributed by atoms with Gasteiger partial charge in [-0.3, -0.25) is 0 Å². The first-order chi connectivity index (χ1) is 9.63. The van der Waals surface area contributed by atoms with E-state index >= 15 is 0 Å². The molecule has 0 spiro atoms. The molecule has 2 amide bonds. The third-order valence-corrected chi connectivity index (χ3v) is 4.59. The maximum atomic E-state index is 12.3. The van der Waals surface area contributed by atoms with Crippen molar-refractivity contribution in [2.45, 2.75) is 43.9 Å². The average Bonchev–Trinajstić information content (AvgIpc) is 2.90. The summed E-state index contributed by atoms with van der Waals surface area (Å²) in [5.74, 6) is -0.254. The highest BCUT2D eigenvalue weighted by atomic mass is 32.2. The minimum atomic E-state index is -0.969. The van der Waals surface area contributed by atoms with E-state index < -0.39 is 12.0 Å². The minimum absolute atomic E-state index is 0.110. The van der Waals surface area contributed by atoms with Gasteiger partial charge < -0.3 is 20.1 Å².